The van der Waals surface area contributed by atoms with Crippen LogP contribution in [0.15, 0.2) is 12.1 Å². The molecule has 0 spiro atoms. The number of nitrogens with two attached hydrogens (primary N) is 1. The molecule has 16 heavy (non-hydrogen) atoms. The van der Waals surface area contributed by atoms with E-state index in [4.69, 9.17) is 5.73 Å². The highest BCUT2D eigenvalue weighted by Crippen LogP contribution is 2.43. The third-order valence-electron chi connectivity index (χ3n) is 3.11. The third-order valence-corrected chi connectivity index (χ3v) is 3.11. The van der Waals surface area contributed by atoms with Crippen molar-refractivity contribution < 1.29 is 13.9 Å². The average Bonchev–Trinajstić information content (AvgIpc) is 3.00. The molecule has 1 aliphatic rings. The monoisotopic (exact) mass is 223 g/mol. The van der Waals surface area contributed by atoms with Gasteiger partial charge in [-0.15, -0.1) is 0 Å². The van der Waals surface area contributed by atoms with Gasteiger partial charge in [-0.25, -0.2) is 9.18 Å². The minimum absolute atomic E-state index is 0.259. The van der Waals surface area contributed by atoms with Crippen molar-refractivity contribution in [2.24, 2.45) is 5.73 Å². The lowest BCUT2D eigenvalue weighted by Gasteiger charge is -2.13. The fourth-order valence-electron chi connectivity index (χ4n) is 1.71. The number of halogens is 1. The van der Waals surface area contributed by atoms with Gasteiger partial charge in [0.2, 0.25) is 0 Å². The summed E-state index contributed by atoms with van der Waals surface area (Å²) in [5.41, 5.74) is 6.77. The zero-order valence-electron chi connectivity index (χ0n) is 9.34. The molecule has 3 nitrogen and oxygen atoms in total. The Morgan fingerprint density at radius 3 is 2.62 bits per heavy atom. The van der Waals surface area contributed by atoms with Crippen LogP contribution in [0.3, 0.4) is 0 Å². The van der Waals surface area contributed by atoms with Gasteiger partial charge in [-0.2, -0.15) is 0 Å². The standard InChI is InChI=1S/C12H14FNO2/c1-7-9(11(15)16-2)5-8(6-10(7)13)12(14)3-4-12/h5-6H,3-4,14H2,1-2H3. The van der Waals surface area contributed by atoms with Crippen LogP contribution in [-0.2, 0) is 10.3 Å². The van der Waals surface area contributed by atoms with Crippen LogP contribution in [0.1, 0.15) is 34.3 Å². The molecule has 1 aromatic rings. The van der Waals surface area contributed by atoms with E-state index in [-0.39, 0.29) is 5.56 Å². The van der Waals surface area contributed by atoms with Crippen LogP contribution in [0.4, 0.5) is 4.39 Å². The predicted octanol–water partition coefficient (Wildman–Crippen LogP) is 1.87. The summed E-state index contributed by atoms with van der Waals surface area (Å²) in [7, 11) is 1.28. The number of hydrogen-bond donors (Lipinski definition) is 1. The van der Waals surface area contributed by atoms with E-state index in [0.29, 0.717) is 11.1 Å². The van der Waals surface area contributed by atoms with Gasteiger partial charge in [0, 0.05) is 5.54 Å². The Bertz CT molecular complexity index is 453. The second kappa shape index (κ2) is 3.56. The SMILES string of the molecule is COC(=O)c1cc(C2(N)CC2)cc(F)c1C. The summed E-state index contributed by atoms with van der Waals surface area (Å²) in [4.78, 5) is 11.5. The van der Waals surface area contributed by atoms with Crippen LogP contribution >= 0.6 is 0 Å². The van der Waals surface area contributed by atoms with Crippen LogP contribution in [0.2, 0.25) is 0 Å². The highest BCUT2D eigenvalue weighted by molar-refractivity contribution is 5.91. The summed E-state index contributed by atoms with van der Waals surface area (Å²) in [6.45, 7) is 1.56. The van der Waals surface area contributed by atoms with Gasteiger partial charge in [0.1, 0.15) is 5.82 Å². The number of benzene rings is 1. The molecule has 0 atom stereocenters. The Labute approximate surface area is 93.4 Å². The quantitative estimate of drug-likeness (QED) is 0.779. The molecule has 2 N–H and O–H groups in total. The largest absolute Gasteiger partial charge is 0.465 e. The minimum atomic E-state index is -0.525. The summed E-state index contributed by atoms with van der Waals surface area (Å²) in [6.07, 6.45) is 1.66. The number of carbonyl (C=O) groups is 1. The van der Waals surface area contributed by atoms with Gasteiger partial charge in [0.15, 0.2) is 0 Å². The summed E-state index contributed by atoms with van der Waals surface area (Å²) < 4.78 is 18.2. The second-order valence-corrected chi connectivity index (χ2v) is 4.28. The van der Waals surface area contributed by atoms with E-state index in [1.54, 1.807) is 13.0 Å². The van der Waals surface area contributed by atoms with Gasteiger partial charge in [-0.3, -0.25) is 0 Å². The zero-order valence-corrected chi connectivity index (χ0v) is 9.34. The van der Waals surface area contributed by atoms with Crippen LogP contribution in [0, 0.1) is 12.7 Å². The number of ether oxygens (including phenoxy) is 1. The van der Waals surface area contributed by atoms with Gasteiger partial charge >= 0.3 is 5.97 Å². The zero-order chi connectivity index (χ0) is 11.9. The third kappa shape index (κ3) is 1.69. The normalized spacial score (nSPS) is 17.0. The summed E-state index contributed by atoms with van der Waals surface area (Å²) >= 11 is 0. The molecule has 0 saturated heterocycles. The lowest BCUT2D eigenvalue weighted by molar-refractivity contribution is 0.0599. The molecule has 0 amide bonds. The molecular formula is C12H14FNO2. The van der Waals surface area contributed by atoms with E-state index >= 15 is 0 Å². The van der Waals surface area contributed by atoms with Gasteiger partial charge in [0.05, 0.1) is 12.7 Å². The van der Waals surface area contributed by atoms with Gasteiger partial charge < -0.3 is 10.5 Å². The molecule has 4 heteroatoms. The van der Waals surface area contributed by atoms with Crippen molar-refractivity contribution >= 4 is 5.97 Å². The average molecular weight is 223 g/mol. The molecule has 1 fully saturated rings. The van der Waals surface area contributed by atoms with E-state index in [2.05, 4.69) is 4.74 Å². The van der Waals surface area contributed by atoms with Crippen LogP contribution in [0.25, 0.3) is 0 Å². The van der Waals surface area contributed by atoms with E-state index in [1.165, 1.54) is 13.2 Å². The van der Waals surface area contributed by atoms with E-state index in [1.807, 2.05) is 0 Å². The Balaban J connectivity index is 2.51. The van der Waals surface area contributed by atoms with Crippen molar-refractivity contribution in [1.82, 2.24) is 0 Å². The number of methoxy groups -OCH3 is 1. The first-order valence-electron chi connectivity index (χ1n) is 5.16. The Morgan fingerprint density at radius 2 is 2.12 bits per heavy atom. The molecule has 1 saturated carbocycles. The molecule has 1 aromatic carbocycles. The lowest BCUT2D eigenvalue weighted by Crippen LogP contribution is -2.20. The molecule has 0 heterocycles. The van der Waals surface area contributed by atoms with Crippen molar-refractivity contribution in [3.63, 3.8) is 0 Å². The van der Waals surface area contributed by atoms with Gasteiger partial charge in [-0.05, 0) is 43.0 Å². The molecule has 86 valence electrons. The van der Waals surface area contributed by atoms with Crippen LogP contribution in [-0.4, -0.2) is 13.1 Å². The maximum atomic E-state index is 13.6. The number of esters is 1. The highest BCUT2D eigenvalue weighted by atomic mass is 19.1. The topological polar surface area (TPSA) is 52.3 Å². The molecule has 0 bridgehead atoms. The van der Waals surface area contributed by atoms with Crippen molar-refractivity contribution in [3.8, 4) is 0 Å². The van der Waals surface area contributed by atoms with E-state index < -0.39 is 17.3 Å². The van der Waals surface area contributed by atoms with Crippen LogP contribution < -0.4 is 5.73 Å². The van der Waals surface area contributed by atoms with Crippen LogP contribution in [0.5, 0.6) is 0 Å². The highest BCUT2D eigenvalue weighted by Gasteiger charge is 2.41. The summed E-state index contributed by atoms with van der Waals surface area (Å²) in [5, 5.41) is 0. The molecule has 0 unspecified atom stereocenters. The summed E-state index contributed by atoms with van der Waals surface area (Å²) in [6, 6.07) is 3.05. The first-order chi connectivity index (χ1) is 7.48. The Kier molecular flexibility index (Phi) is 2.46. The van der Waals surface area contributed by atoms with Crippen molar-refractivity contribution in [1.29, 1.82) is 0 Å². The molecular weight excluding hydrogens is 209 g/mol. The van der Waals surface area contributed by atoms with Crippen molar-refractivity contribution in [2.75, 3.05) is 7.11 Å². The molecule has 1 aliphatic carbocycles. The van der Waals surface area contributed by atoms with E-state index in [0.717, 1.165) is 12.8 Å². The minimum Gasteiger partial charge on any atom is -0.465 e. The molecule has 0 aromatic heterocycles. The number of rotatable bonds is 2. The Morgan fingerprint density at radius 1 is 1.50 bits per heavy atom. The number of hydrogen-bond acceptors (Lipinski definition) is 3. The maximum Gasteiger partial charge on any atom is 0.338 e. The fourth-order valence-corrected chi connectivity index (χ4v) is 1.71. The first-order valence-corrected chi connectivity index (χ1v) is 5.16. The smallest absolute Gasteiger partial charge is 0.338 e. The van der Waals surface area contributed by atoms with Crippen molar-refractivity contribution in [3.05, 3.63) is 34.6 Å². The summed E-state index contributed by atoms with van der Waals surface area (Å²) in [5.74, 6) is -0.933. The molecule has 0 radical (unpaired) electrons. The van der Waals surface area contributed by atoms with Gasteiger partial charge in [-0.1, -0.05) is 0 Å². The first kappa shape index (κ1) is 11.1. The number of carbonyl (C=O) groups excluding carboxylic acids is 1. The lowest BCUT2D eigenvalue weighted by atomic mass is 9.98. The molecule has 0 aliphatic heterocycles. The Hall–Kier alpha value is -1.42. The van der Waals surface area contributed by atoms with E-state index in [9.17, 15) is 9.18 Å². The van der Waals surface area contributed by atoms with Gasteiger partial charge in [0.25, 0.3) is 0 Å². The molecule has 2 rings (SSSR count). The van der Waals surface area contributed by atoms with Crippen molar-refractivity contribution in [2.45, 2.75) is 25.3 Å². The maximum absolute atomic E-state index is 13.6. The second-order valence-electron chi connectivity index (χ2n) is 4.28. The predicted molar refractivity (Wildman–Crippen MR) is 57.6 cm³/mol. The fraction of sp³-hybridized carbons (Fsp3) is 0.417.